The summed E-state index contributed by atoms with van der Waals surface area (Å²) in [4.78, 5) is 22.9. The SMILES string of the molecule is O=C(Nc1cccc(Br)c1)c1ccccc1Oc1ccc(C(F)(F)F)cc1[N+](=O)[O-]. The standard InChI is InChI=1S/C20H12BrF3N2O4/c21-13-4-3-5-14(11-13)25-19(27)15-6-1-2-7-17(15)30-18-9-8-12(20(22,23)24)10-16(18)26(28)29/h1-11H,(H,25,27). The molecule has 3 aromatic rings. The summed E-state index contributed by atoms with van der Waals surface area (Å²) in [5.41, 5.74) is -1.51. The van der Waals surface area contributed by atoms with Crippen LogP contribution in [0.2, 0.25) is 0 Å². The number of ether oxygens (including phenoxy) is 1. The number of benzene rings is 3. The van der Waals surface area contributed by atoms with Crippen LogP contribution in [-0.2, 0) is 6.18 Å². The van der Waals surface area contributed by atoms with Crippen molar-refractivity contribution in [2.75, 3.05) is 5.32 Å². The van der Waals surface area contributed by atoms with Crippen LogP contribution in [-0.4, -0.2) is 10.8 Å². The molecule has 1 amide bonds. The maximum Gasteiger partial charge on any atom is 0.416 e. The van der Waals surface area contributed by atoms with Gasteiger partial charge in [-0.15, -0.1) is 0 Å². The van der Waals surface area contributed by atoms with E-state index in [0.29, 0.717) is 17.8 Å². The van der Waals surface area contributed by atoms with Gasteiger partial charge in [-0.05, 0) is 42.5 Å². The fraction of sp³-hybridized carbons (Fsp3) is 0.0500. The van der Waals surface area contributed by atoms with E-state index in [9.17, 15) is 28.1 Å². The Labute approximate surface area is 176 Å². The summed E-state index contributed by atoms with van der Waals surface area (Å²) in [6, 6.07) is 14.6. The van der Waals surface area contributed by atoms with Crippen molar-refractivity contribution in [1.29, 1.82) is 0 Å². The first kappa shape index (κ1) is 21.3. The summed E-state index contributed by atoms with van der Waals surface area (Å²) in [5, 5.41) is 13.9. The van der Waals surface area contributed by atoms with E-state index in [2.05, 4.69) is 21.2 Å². The highest BCUT2D eigenvalue weighted by Crippen LogP contribution is 2.38. The lowest BCUT2D eigenvalue weighted by atomic mass is 10.1. The average molecular weight is 481 g/mol. The Hall–Kier alpha value is -3.40. The zero-order valence-electron chi connectivity index (χ0n) is 14.9. The van der Waals surface area contributed by atoms with Crippen LogP contribution in [0.5, 0.6) is 11.5 Å². The first-order valence-corrected chi connectivity index (χ1v) is 9.14. The molecular weight excluding hydrogens is 469 g/mol. The molecule has 30 heavy (non-hydrogen) atoms. The van der Waals surface area contributed by atoms with Crippen LogP contribution < -0.4 is 10.1 Å². The predicted molar refractivity (Wildman–Crippen MR) is 107 cm³/mol. The first-order valence-electron chi connectivity index (χ1n) is 8.34. The molecule has 6 nitrogen and oxygen atoms in total. The van der Waals surface area contributed by atoms with E-state index in [-0.39, 0.29) is 11.3 Å². The maximum atomic E-state index is 12.9. The Morgan fingerprint density at radius 2 is 1.73 bits per heavy atom. The number of nitro groups is 1. The number of halogens is 4. The number of nitro benzene ring substituents is 1. The molecule has 0 bridgehead atoms. The van der Waals surface area contributed by atoms with E-state index in [0.717, 1.165) is 10.5 Å². The third-order valence-electron chi connectivity index (χ3n) is 3.92. The van der Waals surface area contributed by atoms with Crippen molar-refractivity contribution in [1.82, 2.24) is 0 Å². The number of nitrogens with zero attached hydrogens (tertiary/aromatic N) is 1. The highest BCUT2D eigenvalue weighted by Gasteiger charge is 2.33. The minimum atomic E-state index is -4.74. The van der Waals surface area contributed by atoms with Gasteiger partial charge in [-0.2, -0.15) is 13.2 Å². The summed E-state index contributed by atoms with van der Waals surface area (Å²) < 4.78 is 44.8. The minimum absolute atomic E-state index is 0.0478. The molecule has 0 aliphatic carbocycles. The molecule has 0 spiro atoms. The monoisotopic (exact) mass is 480 g/mol. The molecule has 0 aliphatic heterocycles. The fourth-order valence-corrected chi connectivity index (χ4v) is 2.95. The third kappa shape index (κ3) is 4.95. The van der Waals surface area contributed by atoms with Crippen LogP contribution in [0.3, 0.4) is 0 Å². The van der Waals surface area contributed by atoms with Crippen molar-refractivity contribution >= 4 is 33.2 Å². The van der Waals surface area contributed by atoms with Crippen molar-refractivity contribution in [3.63, 3.8) is 0 Å². The van der Waals surface area contributed by atoms with Gasteiger partial charge in [-0.3, -0.25) is 14.9 Å². The Balaban J connectivity index is 1.93. The van der Waals surface area contributed by atoms with Crippen molar-refractivity contribution < 1.29 is 27.6 Å². The number of carbonyl (C=O) groups is 1. The van der Waals surface area contributed by atoms with E-state index in [1.54, 1.807) is 30.3 Å². The van der Waals surface area contributed by atoms with Crippen LogP contribution in [0.15, 0.2) is 71.2 Å². The van der Waals surface area contributed by atoms with Crippen LogP contribution in [0.1, 0.15) is 15.9 Å². The molecule has 0 fully saturated rings. The Kier molecular flexibility index (Phi) is 6.06. The summed E-state index contributed by atoms with van der Waals surface area (Å²) in [7, 11) is 0. The Morgan fingerprint density at radius 1 is 1.00 bits per heavy atom. The van der Waals surface area contributed by atoms with Gasteiger partial charge in [0.25, 0.3) is 5.91 Å². The molecule has 0 unspecified atom stereocenters. The molecule has 154 valence electrons. The minimum Gasteiger partial charge on any atom is -0.449 e. The van der Waals surface area contributed by atoms with E-state index >= 15 is 0 Å². The fourth-order valence-electron chi connectivity index (χ4n) is 2.55. The molecule has 0 aliphatic rings. The van der Waals surface area contributed by atoms with Crippen molar-refractivity contribution in [3.05, 3.63) is 92.4 Å². The van der Waals surface area contributed by atoms with Gasteiger partial charge < -0.3 is 10.1 Å². The molecule has 3 aromatic carbocycles. The van der Waals surface area contributed by atoms with E-state index in [1.807, 2.05) is 0 Å². The summed E-state index contributed by atoms with van der Waals surface area (Å²) in [6.07, 6.45) is -4.74. The molecule has 0 saturated carbocycles. The number of anilines is 1. The van der Waals surface area contributed by atoms with Crippen molar-refractivity contribution in [3.8, 4) is 11.5 Å². The summed E-state index contributed by atoms with van der Waals surface area (Å²) in [6.45, 7) is 0. The van der Waals surface area contributed by atoms with Gasteiger partial charge in [0.05, 0.1) is 16.1 Å². The van der Waals surface area contributed by atoms with Gasteiger partial charge in [0.1, 0.15) is 5.75 Å². The second-order valence-corrected chi connectivity index (χ2v) is 6.92. The van der Waals surface area contributed by atoms with Crippen molar-refractivity contribution in [2.45, 2.75) is 6.18 Å². The zero-order chi connectivity index (χ0) is 21.9. The molecule has 1 N–H and O–H groups in total. The quantitative estimate of drug-likeness (QED) is 0.337. The highest BCUT2D eigenvalue weighted by molar-refractivity contribution is 9.10. The molecule has 0 heterocycles. The Morgan fingerprint density at radius 3 is 2.40 bits per heavy atom. The highest BCUT2D eigenvalue weighted by atomic mass is 79.9. The second-order valence-electron chi connectivity index (χ2n) is 6.00. The predicted octanol–water partition coefficient (Wildman–Crippen LogP) is 6.42. The lowest BCUT2D eigenvalue weighted by Gasteiger charge is -2.13. The number of carbonyl (C=O) groups excluding carboxylic acids is 1. The van der Waals surface area contributed by atoms with E-state index < -0.39 is 34.0 Å². The number of nitrogens with one attached hydrogen (secondary N) is 1. The molecular formula is C20H12BrF3N2O4. The normalized spacial score (nSPS) is 11.1. The van der Waals surface area contributed by atoms with Gasteiger partial charge in [-0.25, -0.2) is 0 Å². The molecule has 0 atom stereocenters. The van der Waals surface area contributed by atoms with Crippen molar-refractivity contribution in [2.24, 2.45) is 0 Å². The number of rotatable bonds is 5. The van der Waals surface area contributed by atoms with Gasteiger partial charge >= 0.3 is 11.9 Å². The Bertz CT molecular complexity index is 1120. The lowest BCUT2D eigenvalue weighted by molar-refractivity contribution is -0.385. The largest absolute Gasteiger partial charge is 0.449 e. The number of para-hydroxylation sites is 1. The van der Waals surface area contributed by atoms with Gasteiger partial charge in [0.2, 0.25) is 5.75 Å². The van der Waals surface area contributed by atoms with E-state index in [1.165, 1.54) is 18.2 Å². The smallest absolute Gasteiger partial charge is 0.416 e. The summed E-state index contributed by atoms with van der Waals surface area (Å²) >= 11 is 3.29. The maximum absolute atomic E-state index is 12.9. The zero-order valence-corrected chi connectivity index (χ0v) is 16.5. The number of alkyl halides is 3. The number of hydrogen-bond donors (Lipinski definition) is 1. The topological polar surface area (TPSA) is 81.5 Å². The van der Waals surface area contributed by atoms with Crippen LogP contribution in [0.25, 0.3) is 0 Å². The lowest BCUT2D eigenvalue weighted by Crippen LogP contribution is -2.13. The number of amides is 1. The third-order valence-corrected chi connectivity index (χ3v) is 4.41. The van der Waals surface area contributed by atoms with Crippen LogP contribution in [0.4, 0.5) is 24.5 Å². The van der Waals surface area contributed by atoms with Gasteiger partial charge in [-0.1, -0.05) is 34.1 Å². The van der Waals surface area contributed by atoms with Crippen LogP contribution in [0, 0.1) is 10.1 Å². The molecule has 3 rings (SSSR count). The molecule has 0 radical (unpaired) electrons. The van der Waals surface area contributed by atoms with Gasteiger partial charge in [0, 0.05) is 16.2 Å². The molecule has 0 aromatic heterocycles. The average Bonchev–Trinajstić information content (AvgIpc) is 2.67. The van der Waals surface area contributed by atoms with Gasteiger partial charge in [0.15, 0.2) is 0 Å². The van der Waals surface area contributed by atoms with Crippen LogP contribution >= 0.6 is 15.9 Å². The molecule has 10 heteroatoms. The number of hydrogen-bond acceptors (Lipinski definition) is 4. The summed E-state index contributed by atoms with van der Waals surface area (Å²) in [5.74, 6) is -1.03. The van der Waals surface area contributed by atoms with E-state index in [4.69, 9.17) is 4.74 Å². The second kappa shape index (κ2) is 8.54. The first-order chi connectivity index (χ1) is 14.1. The molecule has 0 saturated heterocycles.